The van der Waals surface area contributed by atoms with Gasteiger partial charge in [0.05, 0.1) is 25.1 Å². The molecule has 28 heavy (non-hydrogen) atoms. The van der Waals surface area contributed by atoms with Gasteiger partial charge in [0, 0.05) is 37.1 Å². The Bertz CT molecular complexity index is 900. The monoisotopic (exact) mass is 376 g/mol. The van der Waals surface area contributed by atoms with Gasteiger partial charge in [-0.25, -0.2) is 4.68 Å². The standard InChI is InChI=1S/C22H24N4O2/c27-22(19-6-8-20(9-7-19)25-12-14-28-15-13-25)23-11-10-18-16-24-26(17-18)21-4-2-1-3-5-21/h1-9,16-17H,10-15H2,(H,23,27). The molecule has 2 aromatic carbocycles. The van der Waals surface area contributed by atoms with E-state index in [9.17, 15) is 4.79 Å². The van der Waals surface area contributed by atoms with Gasteiger partial charge < -0.3 is 15.0 Å². The van der Waals surface area contributed by atoms with Crippen molar-refractivity contribution in [2.45, 2.75) is 6.42 Å². The minimum Gasteiger partial charge on any atom is -0.378 e. The van der Waals surface area contributed by atoms with Gasteiger partial charge in [-0.2, -0.15) is 5.10 Å². The first-order chi connectivity index (χ1) is 13.8. The largest absolute Gasteiger partial charge is 0.378 e. The van der Waals surface area contributed by atoms with E-state index in [1.54, 1.807) is 0 Å². The minimum absolute atomic E-state index is 0.0519. The van der Waals surface area contributed by atoms with Crippen LogP contribution in [0, 0.1) is 0 Å². The molecule has 0 saturated carbocycles. The number of anilines is 1. The Morgan fingerprint density at radius 1 is 1.00 bits per heavy atom. The molecule has 4 rings (SSSR count). The maximum atomic E-state index is 12.4. The van der Waals surface area contributed by atoms with Crippen molar-refractivity contribution in [3.8, 4) is 5.69 Å². The number of hydrogen-bond donors (Lipinski definition) is 1. The van der Waals surface area contributed by atoms with Gasteiger partial charge in [0.2, 0.25) is 0 Å². The lowest BCUT2D eigenvalue weighted by Gasteiger charge is -2.28. The fourth-order valence-corrected chi connectivity index (χ4v) is 3.28. The van der Waals surface area contributed by atoms with Crippen molar-refractivity contribution in [2.24, 2.45) is 0 Å². The molecular formula is C22H24N4O2. The average Bonchev–Trinajstić information content (AvgIpc) is 3.24. The second-order valence-corrected chi connectivity index (χ2v) is 6.78. The zero-order chi connectivity index (χ0) is 19.2. The molecule has 1 fully saturated rings. The van der Waals surface area contributed by atoms with Crippen LogP contribution < -0.4 is 10.2 Å². The Morgan fingerprint density at radius 3 is 2.50 bits per heavy atom. The third-order valence-corrected chi connectivity index (χ3v) is 4.86. The second-order valence-electron chi connectivity index (χ2n) is 6.78. The van der Waals surface area contributed by atoms with E-state index in [0.29, 0.717) is 12.1 Å². The SMILES string of the molecule is O=C(NCCc1cnn(-c2ccccc2)c1)c1ccc(N2CCOCC2)cc1. The summed E-state index contributed by atoms with van der Waals surface area (Å²) < 4.78 is 7.23. The molecule has 1 aliphatic rings. The van der Waals surface area contributed by atoms with Gasteiger partial charge in [-0.3, -0.25) is 4.79 Å². The Hall–Kier alpha value is -3.12. The summed E-state index contributed by atoms with van der Waals surface area (Å²) in [6.07, 6.45) is 4.58. The molecule has 1 amide bonds. The molecule has 1 aromatic heterocycles. The summed E-state index contributed by atoms with van der Waals surface area (Å²) in [5, 5.41) is 7.37. The van der Waals surface area contributed by atoms with Crippen molar-refractivity contribution in [1.82, 2.24) is 15.1 Å². The summed E-state index contributed by atoms with van der Waals surface area (Å²) in [5.74, 6) is -0.0519. The number of carbonyl (C=O) groups excluding carboxylic acids is 1. The van der Waals surface area contributed by atoms with Gasteiger partial charge in [-0.1, -0.05) is 18.2 Å². The van der Waals surface area contributed by atoms with E-state index in [2.05, 4.69) is 15.3 Å². The summed E-state index contributed by atoms with van der Waals surface area (Å²) >= 11 is 0. The summed E-state index contributed by atoms with van der Waals surface area (Å²) in [6.45, 7) is 3.86. The number of ether oxygens (including phenoxy) is 1. The van der Waals surface area contributed by atoms with Crippen molar-refractivity contribution in [3.05, 3.63) is 78.1 Å². The molecule has 1 saturated heterocycles. The van der Waals surface area contributed by atoms with E-state index in [1.807, 2.05) is 71.7 Å². The van der Waals surface area contributed by atoms with Crippen molar-refractivity contribution in [1.29, 1.82) is 0 Å². The van der Waals surface area contributed by atoms with E-state index in [4.69, 9.17) is 4.74 Å². The zero-order valence-corrected chi connectivity index (χ0v) is 15.8. The average molecular weight is 376 g/mol. The van der Waals surface area contributed by atoms with Gasteiger partial charge >= 0.3 is 0 Å². The number of rotatable bonds is 6. The fourth-order valence-electron chi connectivity index (χ4n) is 3.28. The number of nitrogens with one attached hydrogen (secondary N) is 1. The first kappa shape index (κ1) is 18.3. The third kappa shape index (κ3) is 4.40. The van der Waals surface area contributed by atoms with Crippen LogP contribution in [0.25, 0.3) is 5.69 Å². The van der Waals surface area contributed by atoms with Crippen molar-refractivity contribution >= 4 is 11.6 Å². The van der Waals surface area contributed by atoms with Crippen LogP contribution in [0.3, 0.4) is 0 Å². The number of hydrogen-bond acceptors (Lipinski definition) is 4. The van der Waals surface area contributed by atoms with E-state index >= 15 is 0 Å². The molecule has 2 heterocycles. The predicted octanol–water partition coefficient (Wildman–Crippen LogP) is 2.68. The predicted molar refractivity (Wildman–Crippen MR) is 109 cm³/mol. The molecule has 1 N–H and O–H groups in total. The number of morpholine rings is 1. The lowest BCUT2D eigenvalue weighted by atomic mass is 10.1. The lowest BCUT2D eigenvalue weighted by molar-refractivity contribution is 0.0954. The Kier molecular flexibility index (Phi) is 5.68. The zero-order valence-electron chi connectivity index (χ0n) is 15.8. The Morgan fingerprint density at radius 2 is 1.75 bits per heavy atom. The number of benzene rings is 2. The smallest absolute Gasteiger partial charge is 0.251 e. The van der Waals surface area contributed by atoms with Crippen LogP contribution in [0.4, 0.5) is 5.69 Å². The number of aromatic nitrogens is 2. The molecule has 0 bridgehead atoms. The second kappa shape index (κ2) is 8.71. The molecule has 6 nitrogen and oxygen atoms in total. The van der Waals surface area contributed by atoms with Crippen LogP contribution in [0.5, 0.6) is 0 Å². The molecule has 0 unspecified atom stereocenters. The molecule has 0 atom stereocenters. The molecule has 144 valence electrons. The van der Waals surface area contributed by atoms with Gasteiger partial charge in [0.1, 0.15) is 0 Å². The molecular weight excluding hydrogens is 352 g/mol. The molecule has 6 heteroatoms. The molecule has 0 spiro atoms. The highest BCUT2D eigenvalue weighted by Crippen LogP contribution is 2.16. The molecule has 3 aromatic rings. The van der Waals surface area contributed by atoms with Gasteiger partial charge in [0.15, 0.2) is 0 Å². The van der Waals surface area contributed by atoms with E-state index in [-0.39, 0.29) is 5.91 Å². The number of amides is 1. The van der Waals surface area contributed by atoms with Crippen molar-refractivity contribution in [3.63, 3.8) is 0 Å². The highest BCUT2D eigenvalue weighted by atomic mass is 16.5. The maximum absolute atomic E-state index is 12.4. The van der Waals surface area contributed by atoms with E-state index < -0.39 is 0 Å². The summed E-state index contributed by atoms with van der Waals surface area (Å²) in [6, 6.07) is 17.8. The molecule has 0 radical (unpaired) electrons. The quantitative estimate of drug-likeness (QED) is 0.719. The minimum atomic E-state index is -0.0519. The van der Waals surface area contributed by atoms with Crippen LogP contribution in [0.2, 0.25) is 0 Å². The molecule has 1 aliphatic heterocycles. The first-order valence-corrected chi connectivity index (χ1v) is 9.59. The summed E-state index contributed by atoms with van der Waals surface area (Å²) in [7, 11) is 0. The number of para-hydroxylation sites is 1. The van der Waals surface area contributed by atoms with Gasteiger partial charge in [-0.05, 0) is 48.4 Å². The number of nitrogens with zero attached hydrogens (tertiary/aromatic N) is 3. The van der Waals surface area contributed by atoms with E-state index in [1.165, 1.54) is 0 Å². The summed E-state index contributed by atoms with van der Waals surface area (Å²) in [5.41, 5.74) is 3.93. The van der Waals surface area contributed by atoms with Crippen LogP contribution in [0.1, 0.15) is 15.9 Å². The van der Waals surface area contributed by atoms with Gasteiger partial charge in [0.25, 0.3) is 5.91 Å². The van der Waals surface area contributed by atoms with Crippen LogP contribution in [-0.2, 0) is 11.2 Å². The molecule has 0 aliphatic carbocycles. The van der Waals surface area contributed by atoms with Crippen molar-refractivity contribution in [2.75, 3.05) is 37.7 Å². The van der Waals surface area contributed by atoms with Crippen LogP contribution >= 0.6 is 0 Å². The summed E-state index contributed by atoms with van der Waals surface area (Å²) in [4.78, 5) is 14.7. The highest BCUT2D eigenvalue weighted by Gasteiger charge is 2.12. The van der Waals surface area contributed by atoms with Gasteiger partial charge in [-0.15, -0.1) is 0 Å². The first-order valence-electron chi connectivity index (χ1n) is 9.59. The number of carbonyl (C=O) groups is 1. The van der Waals surface area contributed by atoms with Crippen LogP contribution in [0.15, 0.2) is 67.0 Å². The Balaban J connectivity index is 1.28. The normalized spacial score (nSPS) is 14.1. The van der Waals surface area contributed by atoms with Crippen LogP contribution in [-0.4, -0.2) is 48.5 Å². The topological polar surface area (TPSA) is 59.4 Å². The highest BCUT2D eigenvalue weighted by molar-refractivity contribution is 5.94. The lowest BCUT2D eigenvalue weighted by Crippen LogP contribution is -2.36. The van der Waals surface area contributed by atoms with Crippen molar-refractivity contribution < 1.29 is 9.53 Å². The third-order valence-electron chi connectivity index (χ3n) is 4.86. The maximum Gasteiger partial charge on any atom is 0.251 e. The fraction of sp³-hybridized carbons (Fsp3) is 0.273. The van der Waals surface area contributed by atoms with E-state index in [0.717, 1.165) is 49.7 Å². The Labute approximate surface area is 164 Å².